The van der Waals surface area contributed by atoms with E-state index in [1.165, 1.54) is 30.5 Å². The second-order valence-electron chi connectivity index (χ2n) is 5.87. The number of alkyl halides is 3. The molecule has 1 amide bonds. The molecule has 1 aliphatic heterocycles. The molecule has 0 spiro atoms. The molecule has 1 aromatic heterocycles. The molecule has 0 aliphatic carbocycles. The van der Waals surface area contributed by atoms with Crippen molar-refractivity contribution in [2.75, 3.05) is 23.4 Å². The Morgan fingerprint density at radius 1 is 1.44 bits per heavy atom. The lowest BCUT2D eigenvalue weighted by Gasteiger charge is -2.41. The highest BCUT2D eigenvalue weighted by molar-refractivity contribution is 9.10. The van der Waals surface area contributed by atoms with Crippen LogP contribution in [0.5, 0.6) is 5.75 Å². The maximum Gasteiger partial charge on any atom is 0.487 e. The van der Waals surface area contributed by atoms with Gasteiger partial charge in [0.1, 0.15) is 11.6 Å². The van der Waals surface area contributed by atoms with Gasteiger partial charge in [0.05, 0.1) is 22.7 Å². The number of nitrogens with zero attached hydrogens (tertiary/aromatic N) is 2. The predicted molar refractivity (Wildman–Crippen MR) is 101 cm³/mol. The van der Waals surface area contributed by atoms with Gasteiger partial charge in [-0.2, -0.15) is 0 Å². The van der Waals surface area contributed by atoms with Gasteiger partial charge >= 0.3 is 5.57 Å². The molecule has 1 atom stereocenters. The van der Waals surface area contributed by atoms with E-state index in [9.17, 15) is 18.7 Å². The molecule has 1 saturated heterocycles. The molecule has 144 valence electrons. The van der Waals surface area contributed by atoms with Gasteiger partial charge in [0.25, 0.3) is 5.91 Å². The molecule has 27 heavy (non-hydrogen) atoms. The largest absolute Gasteiger partial charge is 0.487 e. The van der Waals surface area contributed by atoms with E-state index in [1.807, 2.05) is 4.90 Å². The summed E-state index contributed by atoms with van der Waals surface area (Å²) in [5.74, 6) is 0.128. The highest BCUT2D eigenvalue weighted by Crippen LogP contribution is 2.32. The topological polar surface area (TPSA) is 74.7 Å². The van der Waals surface area contributed by atoms with Crippen LogP contribution in [0.4, 0.5) is 20.3 Å². The quantitative estimate of drug-likeness (QED) is 0.638. The second kappa shape index (κ2) is 7.95. The minimum absolute atomic E-state index is 0.0366. The first kappa shape index (κ1) is 19.8. The Labute approximate surface area is 167 Å². The second-order valence-corrected chi connectivity index (χ2v) is 7.17. The van der Waals surface area contributed by atoms with Crippen molar-refractivity contribution in [3.8, 4) is 5.75 Å². The fourth-order valence-electron chi connectivity index (χ4n) is 2.62. The van der Waals surface area contributed by atoms with Crippen molar-refractivity contribution in [3.05, 3.63) is 46.6 Å². The highest BCUT2D eigenvalue weighted by atomic mass is 79.9. The number of pyridine rings is 1. The summed E-state index contributed by atoms with van der Waals surface area (Å²) in [5, 5.41) is 11.9. The first-order valence-electron chi connectivity index (χ1n) is 7.97. The van der Waals surface area contributed by atoms with Gasteiger partial charge in [-0.25, -0.2) is 4.98 Å². The summed E-state index contributed by atoms with van der Waals surface area (Å²) in [4.78, 5) is 18.6. The number of aliphatic hydroxyl groups excluding tert-OH is 1. The van der Waals surface area contributed by atoms with Crippen LogP contribution in [0.1, 0.15) is 16.8 Å². The maximum atomic E-state index is 12.6. The first-order chi connectivity index (χ1) is 12.8. The Kier molecular flexibility index (Phi) is 5.83. The van der Waals surface area contributed by atoms with Gasteiger partial charge in [-0.05, 0) is 52.7 Å². The van der Waals surface area contributed by atoms with Crippen LogP contribution in [0.15, 0.2) is 41.0 Å². The van der Waals surface area contributed by atoms with E-state index in [0.717, 1.165) is 13.0 Å². The van der Waals surface area contributed by atoms with E-state index in [2.05, 4.69) is 31.0 Å². The van der Waals surface area contributed by atoms with Crippen LogP contribution >= 0.6 is 27.5 Å². The Balaban J connectivity index is 1.67. The third-order valence-corrected chi connectivity index (χ3v) is 4.72. The van der Waals surface area contributed by atoms with Crippen LogP contribution in [0.3, 0.4) is 0 Å². The molecular formula is C17H15BrClF2N3O3. The number of rotatable bonds is 6. The molecule has 1 aromatic carbocycles. The number of hydrogen-bond acceptors (Lipinski definition) is 5. The lowest BCUT2D eigenvalue weighted by molar-refractivity contribution is -0.0964. The van der Waals surface area contributed by atoms with Crippen LogP contribution in [0, 0.1) is 0 Å². The summed E-state index contributed by atoms with van der Waals surface area (Å²) >= 11 is 8.10. The van der Waals surface area contributed by atoms with Gasteiger partial charge in [-0.3, -0.25) is 4.79 Å². The number of anilines is 2. The maximum absolute atomic E-state index is 12.6. The summed E-state index contributed by atoms with van der Waals surface area (Å²) in [6, 6.07) is 7.03. The molecule has 2 heterocycles. The van der Waals surface area contributed by atoms with Crippen LogP contribution in [0.2, 0.25) is 0 Å². The Hall–Kier alpha value is -1.97. The SMILES string of the molecule is O=C(Nc1ccc(OC(F)(F)Cl)cc1)c1cnc(N2CCC2CO)c(Br)c1. The normalized spacial score (nSPS) is 16.6. The Morgan fingerprint density at radius 3 is 2.67 bits per heavy atom. The molecule has 0 bridgehead atoms. The molecule has 10 heteroatoms. The summed E-state index contributed by atoms with van der Waals surface area (Å²) in [6.07, 6.45) is 2.33. The van der Waals surface area contributed by atoms with Crippen molar-refractivity contribution in [2.45, 2.75) is 18.0 Å². The molecule has 0 saturated carbocycles. The number of nitrogens with one attached hydrogen (secondary N) is 1. The molecular weight excluding hydrogens is 448 g/mol. The Morgan fingerprint density at radius 2 is 2.15 bits per heavy atom. The summed E-state index contributed by atoms with van der Waals surface area (Å²) in [6.45, 7) is 0.837. The zero-order valence-corrected chi connectivity index (χ0v) is 16.2. The number of carbonyl (C=O) groups excluding carboxylic acids is 1. The zero-order valence-electron chi connectivity index (χ0n) is 13.8. The van der Waals surface area contributed by atoms with Gasteiger partial charge in [-0.1, -0.05) is 0 Å². The van der Waals surface area contributed by atoms with E-state index in [0.29, 0.717) is 21.5 Å². The van der Waals surface area contributed by atoms with Gasteiger partial charge in [-0.15, -0.1) is 8.78 Å². The lowest BCUT2D eigenvalue weighted by Crippen LogP contribution is -2.50. The van der Waals surface area contributed by atoms with Crippen LogP contribution in [-0.2, 0) is 0 Å². The fraction of sp³-hybridized carbons (Fsp3) is 0.294. The van der Waals surface area contributed by atoms with Crippen LogP contribution in [-0.4, -0.2) is 40.8 Å². The number of aromatic nitrogens is 1. The first-order valence-corrected chi connectivity index (χ1v) is 9.14. The molecule has 2 aromatic rings. The van der Waals surface area contributed by atoms with Crippen molar-refractivity contribution >= 4 is 44.9 Å². The van der Waals surface area contributed by atoms with E-state index >= 15 is 0 Å². The van der Waals surface area contributed by atoms with Crippen molar-refractivity contribution < 1.29 is 23.4 Å². The van der Waals surface area contributed by atoms with Crippen molar-refractivity contribution in [3.63, 3.8) is 0 Å². The molecule has 6 nitrogen and oxygen atoms in total. The number of carbonyl (C=O) groups is 1. The third kappa shape index (κ3) is 4.85. The number of benzene rings is 1. The zero-order chi connectivity index (χ0) is 19.6. The minimum atomic E-state index is -3.80. The van der Waals surface area contributed by atoms with Crippen LogP contribution < -0.4 is 15.0 Å². The average Bonchev–Trinajstić information content (AvgIpc) is 2.56. The smallest absolute Gasteiger partial charge is 0.420 e. The fourth-order valence-corrected chi connectivity index (χ4v) is 3.28. The van der Waals surface area contributed by atoms with Gasteiger partial charge in [0, 0.05) is 30.0 Å². The number of ether oxygens (including phenoxy) is 1. The van der Waals surface area contributed by atoms with Crippen LogP contribution in [0.25, 0.3) is 0 Å². The van der Waals surface area contributed by atoms with Crippen molar-refractivity contribution in [1.29, 1.82) is 0 Å². The standard InChI is InChI=1S/C17H15BrClF2N3O3/c18-14-7-10(8-22-15(14)24-6-5-12(24)9-25)16(26)23-11-1-3-13(4-2-11)27-17(19,20)21/h1-4,7-8,12,25H,5-6,9H2,(H,23,26). The number of hydrogen-bond donors (Lipinski definition) is 2. The molecule has 0 radical (unpaired) electrons. The van der Waals surface area contributed by atoms with E-state index in [1.54, 1.807) is 6.07 Å². The predicted octanol–water partition coefficient (Wildman–Crippen LogP) is 3.84. The molecule has 2 N–H and O–H groups in total. The summed E-state index contributed by atoms with van der Waals surface area (Å²) < 4.78 is 30.0. The minimum Gasteiger partial charge on any atom is -0.420 e. The highest BCUT2D eigenvalue weighted by Gasteiger charge is 2.30. The van der Waals surface area contributed by atoms with Gasteiger partial charge in [0.2, 0.25) is 0 Å². The monoisotopic (exact) mass is 461 g/mol. The number of halogens is 4. The molecule has 1 aliphatic rings. The van der Waals surface area contributed by atoms with Gasteiger partial charge in [0.15, 0.2) is 0 Å². The van der Waals surface area contributed by atoms with E-state index < -0.39 is 11.5 Å². The molecule has 3 rings (SSSR count). The number of aliphatic hydroxyl groups is 1. The van der Waals surface area contributed by atoms with Gasteiger partial charge < -0.3 is 20.1 Å². The van der Waals surface area contributed by atoms with Crippen molar-refractivity contribution in [2.24, 2.45) is 0 Å². The summed E-state index contributed by atoms with van der Waals surface area (Å²) in [5.41, 5.74) is -3.08. The average molecular weight is 463 g/mol. The van der Waals surface area contributed by atoms with Crippen molar-refractivity contribution in [1.82, 2.24) is 4.98 Å². The molecule has 1 unspecified atom stereocenters. The number of amides is 1. The summed E-state index contributed by atoms with van der Waals surface area (Å²) in [7, 11) is 0. The third-order valence-electron chi connectivity index (χ3n) is 4.06. The van der Waals surface area contributed by atoms with E-state index in [-0.39, 0.29) is 18.4 Å². The molecule has 1 fully saturated rings. The lowest BCUT2D eigenvalue weighted by atomic mass is 10.0. The Bertz CT molecular complexity index is 831. The van der Waals surface area contributed by atoms with E-state index in [4.69, 9.17) is 11.6 Å².